The summed E-state index contributed by atoms with van der Waals surface area (Å²) in [4.78, 5) is 25.8. The Labute approximate surface area is 141 Å². The van der Waals surface area contributed by atoms with Gasteiger partial charge in [0.15, 0.2) is 0 Å². The third-order valence-corrected chi connectivity index (χ3v) is 6.71. The van der Waals surface area contributed by atoms with Gasteiger partial charge in [-0.2, -0.15) is 5.10 Å². The number of aryl methyl sites for hydroxylation is 1. The summed E-state index contributed by atoms with van der Waals surface area (Å²) in [6.07, 6.45) is 7.01. The number of hydrogen-bond donors (Lipinski definition) is 0. The van der Waals surface area contributed by atoms with Crippen molar-refractivity contribution in [1.82, 2.24) is 14.7 Å². The lowest BCUT2D eigenvalue weighted by Crippen LogP contribution is -2.60. The zero-order valence-electron chi connectivity index (χ0n) is 14.5. The minimum Gasteiger partial charge on any atom is -0.334 e. The van der Waals surface area contributed by atoms with E-state index in [1.165, 1.54) is 23.9 Å². The van der Waals surface area contributed by atoms with Crippen LogP contribution in [0.4, 0.5) is 5.69 Å². The maximum Gasteiger partial charge on any atom is 0.322 e. The van der Waals surface area contributed by atoms with Crippen molar-refractivity contribution < 1.29 is 9.72 Å². The summed E-state index contributed by atoms with van der Waals surface area (Å²) < 4.78 is 1.43. The minimum atomic E-state index is -0.483. The Balaban J connectivity index is 1.68. The molecule has 1 heterocycles. The molecule has 0 radical (unpaired) electrons. The fourth-order valence-corrected chi connectivity index (χ4v) is 5.81. The van der Waals surface area contributed by atoms with Crippen LogP contribution in [0, 0.1) is 34.8 Å². The first-order valence-electron chi connectivity index (χ1n) is 8.77. The molecule has 24 heavy (non-hydrogen) atoms. The summed E-state index contributed by atoms with van der Waals surface area (Å²) in [6, 6.07) is 0. The van der Waals surface area contributed by atoms with Crippen LogP contribution in [0.3, 0.4) is 0 Å². The summed E-state index contributed by atoms with van der Waals surface area (Å²) in [6.45, 7) is 1.63. The Kier molecular flexibility index (Phi) is 3.27. The second kappa shape index (κ2) is 5.04. The number of hydrogen-bond acceptors (Lipinski definition) is 4. The van der Waals surface area contributed by atoms with E-state index in [-0.39, 0.29) is 22.8 Å². The molecule has 4 aliphatic carbocycles. The summed E-state index contributed by atoms with van der Waals surface area (Å²) >= 11 is 0. The van der Waals surface area contributed by atoms with Gasteiger partial charge in [0.25, 0.3) is 5.91 Å². The van der Waals surface area contributed by atoms with Crippen molar-refractivity contribution in [2.45, 2.75) is 51.0 Å². The van der Waals surface area contributed by atoms with E-state index in [1.54, 1.807) is 18.9 Å². The van der Waals surface area contributed by atoms with E-state index in [2.05, 4.69) is 5.10 Å². The number of carbonyl (C=O) groups is 1. The molecule has 0 saturated heterocycles. The van der Waals surface area contributed by atoms with Gasteiger partial charge in [0.2, 0.25) is 5.69 Å². The average molecular weight is 332 g/mol. The molecule has 0 aromatic carbocycles. The lowest BCUT2D eigenvalue weighted by Gasteiger charge is -2.59. The molecule has 130 valence electrons. The van der Waals surface area contributed by atoms with Crippen LogP contribution >= 0.6 is 0 Å². The molecule has 7 heteroatoms. The van der Waals surface area contributed by atoms with Crippen LogP contribution in [0.15, 0.2) is 0 Å². The van der Waals surface area contributed by atoms with Gasteiger partial charge >= 0.3 is 5.69 Å². The molecule has 4 aliphatic rings. The van der Waals surface area contributed by atoms with Crippen LogP contribution in [0.1, 0.15) is 54.7 Å². The van der Waals surface area contributed by atoms with Crippen molar-refractivity contribution in [3.05, 3.63) is 21.5 Å². The molecule has 5 rings (SSSR count). The highest BCUT2D eigenvalue weighted by Crippen LogP contribution is 2.57. The fraction of sp³-hybridized carbons (Fsp3) is 0.765. The number of nitrogens with zero attached hydrogens (tertiary/aromatic N) is 4. The molecular formula is C17H24N4O3. The monoisotopic (exact) mass is 332 g/mol. The molecule has 0 N–H and O–H groups in total. The van der Waals surface area contributed by atoms with Gasteiger partial charge in [-0.15, -0.1) is 0 Å². The molecule has 1 aromatic rings. The van der Waals surface area contributed by atoms with Crippen LogP contribution in [0.5, 0.6) is 0 Å². The first kappa shape index (κ1) is 15.6. The quantitative estimate of drug-likeness (QED) is 0.629. The van der Waals surface area contributed by atoms with Gasteiger partial charge < -0.3 is 4.90 Å². The second-order valence-electron chi connectivity index (χ2n) is 8.17. The molecule has 1 amide bonds. The van der Waals surface area contributed by atoms with E-state index in [1.807, 2.05) is 7.05 Å². The van der Waals surface area contributed by atoms with Gasteiger partial charge in [0, 0.05) is 19.6 Å². The first-order valence-corrected chi connectivity index (χ1v) is 8.77. The van der Waals surface area contributed by atoms with E-state index in [4.69, 9.17) is 0 Å². The molecule has 0 aliphatic heterocycles. The van der Waals surface area contributed by atoms with Crippen LogP contribution in [0.2, 0.25) is 0 Å². The largest absolute Gasteiger partial charge is 0.334 e. The van der Waals surface area contributed by atoms with Crippen LogP contribution in [0.25, 0.3) is 0 Å². The highest BCUT2D eigenvalue weighted by atomic mass is 16.6. The Hall–Kier alpha value is -1.92. The van der Waals surface area contributed by atoms with E-state index >= 15 is 0 Å². The van der Waals surface area contributed by atoms with Crippen LogP contribution in [-0.2, 0) is 7.05 Å². The first-order chi connectivity index (χ1) is 11.3. The molecule has 1 aromatic heterocycles. The van der Waals surface area contributed by atoms with Gasteiger partial charge in [-0.3, -0.25) is 19.6 Å². The summed E-state index contributed by atoms with van der Waals surface area (Å²) in [5.41, 5.74) is 0.130. The molecule has 0 atom stereocenters. The molecule has 0 unspecified atom stereocenters. The lowest BCUT2D eigenvalue weighted by molar-refractivity contribution is -0.385. The third-order valence-electron chi connectivity index (χ3n) is 6.71. The van der Waals surface area contributed by atoms with Crippen molar-refractivity contribution in [2.75, 3.05) is 7.05 Å². The number of aromatic nitrogens is 2. The highest BCUT2D eigenvalue weighted by molar-refractivity contribution is 5.97. The molecular weight excluding hydrogens is 308 g/mol. The smallest absolute Gasteiger partial charge is 0.322 e. The van der Waals surface area contributed by atoms with Gasteiger partial charge in [0.1, 0.15) is 5.69 Å². The van der Waals surface area contributed by atoms with Gasteiger partial charge in [0.05, 0.1) is 4.92 Å². The Morgan fingerprint density at radius 1 is 1.25 bits per heavy atom. The Bertz CT molecular complexity index is 688. The zero-order valence-corrected chi connectivity index (χ0v) is 14.5. The highest BCUT2D eigenvalue weighted by Gasteiger charge is 2.54. The molecule has 0 spiro atoms. The van der Waals surface area contributed by atoms with Crippen LogP contribution in [-0.4, -0.2) is 38.1 Å². The molecule has 4 bridgehead atoms. The Morgan fingerprint density at radius 3 is 2.21 bits per heavy atom. The van der Waals surface area contributed by atoms with E-state index < -0.39 is 4.92 Å². The van der Waals surface area contributed by atoms with Crippen molar-refractivity contribution in [3.63, 3.8) is 0 Å². The standard InChI is InChI=1S/C17H24N4O3/c1-10-15(21(23)24)14(18-20(10)3)16(22)19(2)17-7-11-4-12(8-17)6-13(5-11)9-17/h11-13H,4-9H2,1-3H3. The van der Waals surface area contributed by atoms with Gasteiger partial charge in [-0.05, 0) is 63.2 Å². The van der Waals surface area contributed by atoms with Crippen molar-refractivity contribution >= 4 is 11.6 Å². The Morgan fingerprint density at radius 2 is 1.75 bits per heavy atom. The number of amides is 1. The summed E-state index contributed by atoms with van der Waals surface area (Å²) in [5.74, 6) is 1.85. The summed E-state index contributed by atoms with van der Waals surface area (Å²) in [5, 5.41) is 15.6. The third kappa shape index (κ3) is 2.09. The van der Waals surface area contributed by atoms with E-state index in [9.17, 15) is 14.9 Å². The summed E-state index contributed by atoms with van der Waals surface area (Å²) in [7, 11) is 3.47. The maximum atomic E-state index is 13.1. The van der Waals surface area contributed by atoms with Gasteiger partial charge in [-0.1, -0.05) is 0 Å². The second-order valence-corrected chi connectivity index (χ2v) is 8.17. The lowest BCUT2D eigenvalue weighted by atomic mass is 9.52. The zero-order chi connectivity index (χ0) is 17.2. The molecule has 4 saturated carbocycles. The minimum absolute atomic E-state index is 0.0155. The molecule has 4 fully saturated rings. The fourth-order valence-electron chi connectivity index (χ4n) is 5.81. The van der Waals surface area contributed by atoms with Crippen molar-refractivity contribution in [1.29, 1.82) is 0 Å². The van der Waals surface area contributed by atoms with Crippen molar-refractivity contribution in [3.8, 4) is 0 Å². The van der Waals surface area contributed by atoms with E-state index in [0.29, 0.717) is 23.4 Å². The van der Waals surface area contributed by atoms with Crippen molar-refractivity contribution in [2.24, 2.45) is 24.8 Å². The molecule has 7 nitrogen and oxygen atoms in total. The van der Waals surface area contributed by atoms with Crippen LogP contribution < -0.4 is 0 Å². The average Bonchev–Trinajstić information content (AvgIpc) is 2.80. The maximum absolute atomic E-state index is 13.1. The number of nitro groups is 1. The number of carbonyl (C=O) groups excluding carboxylic acids is 1. The van der Waals surface area contributed by atoms with Gasteiger partial charge in [-0.25, -0.2) is 0 Å². The van der Waals surface area contributed by atoms with E-state index in [0.717, 1.165) is 19.3 Å². The SMILES string of the molecule is Cc1c([N+](=O)[O-])c(C(=O)N(C)C23CC4CC(CC(C4)C2)C3)nn1C. The normalized spacial score (nSPS) is 33.7. The predicted octanol–water partition coefficient (Wildman–Crippen LogP) is 2.68. The predicted molar refractivity (Wildman–Crippen MR) is 87.6 cm³/mol. The number of rotatable bonds is 3. The topological polar surface area (TPSA) is 81.3 Å².